The van der Waals surface area contributed by atoms with E-state index in [1.165, 1.54) is 0 Å². The summed E-state index contributed by atoms with van der Waals surface area (Å²) in [6.45, 7) is 4.43. The lowest BCUT2D eigenvalue weighted by molar-refractivity contribution is 0.0701. The smallest absolute Gasteiger partial charge is 0.291 e. The number of fused-ring (bicyclic) bond motifs is 2. The van der Waals surface area contributed by atoms with Gasteiger partial charge in [0, 0.05) is 0 Å². The van der Waals surface area contributed by atoms with Crippen LogP contribution in [-0.2, 0) is 13.2 Å². The Morgan fingerprint density at radius 1 is 0.919 bits per heavy atom. The third kappa shape index (κ3) is 4.10. The molecule has 6 heteroatoms. The molecule has 1 unspecified atom stereocenters. The van der Waals surface area contributed by atoms with Crippen molar-refractivity contribution in [2.45, 2.75) is 33.0 Å². The third-order valence-corrected chi connectivity index (χ3v) is 6.73. The summed E-state index contributed by atoms with van der Waals surface area (Å²) >= 11 is 0. The van der Waals surface area contributed by atoms with E-state index in [1.807, 2.05) is 86.6 Å². The van der Waals surface area contributed by atoms with Gasteiger partial charge in [0.1, 0.15) is 23.7 Å². The number of rotatable bonds is 6. The monoisotopic (exact) mass is 491 g/mol. The second-order valence-corrected chi connectivity index (χ2v) is 9.39. The van der Waals surface area contributed by atoms with Gasteiger partial charge in [-0.25, -0.2) is 0 Å². The van der Waals surface area contributed by atoms with Gasteiger partial charge in [0.25, 0.3) is 5.91 Å². The number of ether oxygens (including phenoxy) is 1. The summed E-state index contributed by atoms with van der Waals surface area (Å²) in [4.78, 5) is 29.2. The van der Waals surface area contributed by atoms with Gasteiger partial charge in [-0.05, 0) is 66.4 Å². The Bertz CT molecular complexity index is 1670. The van der Waals surface area contributed by atoms with Crippen LogP contribution >= 0.6 is 0 Å². The fraction of sp³-hybridized carbons (Fsp3) is 0.161. The van der Waals surface area contributed by atoms with Crippen LogP contribution in [0.2, 0.25) is 0 Å². The average molecular weight is 492 g/mol. The Morgan fingerprint density at radius 2 is 1.76 bits per heavy atom. The van der Waals surface area contributed by atoms with Gasteiger partial charge >= 0.3 is 0 Å². The number of benzene rings is 3. The van der Waals surface area contributed by atoms with Crippen LogP contribution in [0.15, 0.2) is 98.8 Å². The highest BCUT2D eigenvalue weighted by Gasteiger charge is 2.43. The molecule has 1 atom stereocenters. The SMILES string of the molecule is Cc1cc(C)c2oc3c(c(=O)c2c1)C(c1cccc(OCc2ccccc2)c1)N(Cc1ccco1)C3=O. The van der Waals surface area contributed by atoms with E-state index in [9.17, 15) is 9.59 Å². The predicted octanol–water partition coefficient (Wildman–Crippen LogP) is 6.33. The normalized spacial score (nSPS) is 14.8. The first-order valence-electron chi connectivity index (χ1n) is 12.2. The van der Waals surface area contributed by atoms with Crippen molar-refractivity contribution >= 4 is 16.9 Å². The summed E-state index contributed by atoms with van der Waals surface area (Å²) in [5.74, 6) is 1.01. The van der Waals surface area contributed by atoms with E-state index in [-0.39, 0.29) is 23.6 Å². The summed E-state index contributed by atoms with van der Waals surface area (Å²) in [5, 5.41) is 0.477. The molecule has 3 aromatic carbocycles. The van der Waals surface area contributed by atoms with Gasteiger partial charge in [0.05, 0.1) is 29.8 Å². The molecule has 0 bridgehead atoms. The summed E-state index contributed by atoms with van der Waals surface area (Å²) < 4.78 is 17.8. The Kier molecular flexibility index (Phi) is 5.64. The van der Waals surface area contributed by atoms with Crippen molar-refractivity contribution in [1.29, 1.82) is 0 Å². The number of aryl methyl sites for hydroxylation is 2. The molecule has 1 aliphatic heterocycles. The topological polar surface area (TPSA) is 72.9 Å². The molecule has 2 aromatic heterocycles. The van der Waals surface area contributed by atoms with Gasteiger partial charge in [0.15, 0.2) is 5.43 Å². The molecule has 1 amide bonds. The minimum Gasteiger partial charge on any atom is -0.489 e. The van der Waals surface area contributed by atoms with Crippen LogP contribution < -0.4 is 10.2 Å². The van der Waals surface area contributed by atoms with Gasteiger partial charge in [-0.15, -0.1) is 0 Å². The van der Waals surface area contributed by atoms with Crippen molar-refractivity contribution in [1.82, 2.24) is 4.90 Å². The molecule has 1 aliphatic rings. The fourth-order valence-electron chi connectivity index (χ4n) is 5.07. The molecular weight excluding hydrogens is 466 g/mol. The van der Waals surface area contributed by atoms with E-state index >= 15 is 0 Å². The Morgan fingerprint density at radius 3 is 2.54 bits per heavy atom. The molecule has 0 aliphatic carbocycles. The molecule has 0 saturated carbocycles. The van der Waals surface area contributed by atoms with Crippen LogP contribution in [0.25, 0.3) is 11.0 Å². The maximum Gasteiger partial charge on any atom is 0.291 e. The molecule has 0 radical (unpaired) electrons. The van der Waals surface area contributed by atoms with Gasteiger partial charge < -0.3 is 18.5 Å². The third-order valence-electron chi connectivity index (χ3n) is 6.73. The van der Waals surface area contributed by atoms with Crippen molar-refractivity contribution in [3.63, 3.8) is 0 Å². The number of nitrogens with zero attached hydrogens (tertiary/aromatic N) is 1. The van der Waals surface area contributed by atoms with E-state index in [2.05, 4.69) is 0 Å². The molecule has 0 saturated heterocycles. The van der Waals surface area contributed by atoms with Gasteiger partial charge in [-0.3, -0.25) is 9.59 Å². The number of furan rings is 1. The summed E-state index contributed by atoms with van der Waals surface area (Å²) in [5.41, 5.74) is 4.18. The molecule has 184 valence electrons. The maximum absolute atomic E-state index is 13.9. The van der Waals surface area contributed by atoms with Gasteiger partial charge in [0.2, 0.25) is 5.76 Å². The van der Waals surface area contributed by atoms with Crippen LogP contribution in [0, 0.1) is 13.8 Å². The molecule has 0 fully saturated rings. The van der Waals surface area contributed by atoms with Crippen molar-refractivity contribution in [2.75, 3.05) is 0 Å². The minimum absolute atomic E-state index is 0.0802. The van der Waals surface area contributed by atoms with Crippen LogP contribution in [0.5, 0.6) is 5.75 Å². The number of carbonyl (C=O) groups excluding carboxylic acids is 1. The van der Waals surface area contributed by atoms with E-state index in [1.54, 1.807) is 17.2 Å². The van der Waals surface area contributed by atoms with Crippen molar-refractivity contribution in [2.24, 2.45) is 0 Å². The number of carbonyl (C=O) groups is 1. The predicted molar refractivity (Wildman–Crippen MR) is 140 cm³/mol. The maximum atomic E-state index is 13.9. The standard InChI is InChI=1S/C31H25NO5/c1-19-14-20(2)29-25(15-19)28(33)26-27(32(31(34)30(26)37-29)17-24-12-7-13-35-24)22-10-6-11-23(16-22)36-18-21-8-4-3-5-9-21/h3-16,27H,17-18H2,1-2H3. The van der Waals surface area contributed by atoms with Crippen molar-refractivity contribution < 1.29 is 18.4 Å². The second-order valence-electron chi connectivity index (χ2n) is 9.39. The molecule has 6 rings (SSSR count). The Labute approximate surface area is 213 Å². The summed E-state index contributed by atoms with van der Waals surface area (Å²) in [6.07, 6.45) is 1.57. The van der Waals surface area contributed by atoms with Crippen molar-refractivity contribution in [3.05, 3.63) is 135 Å². The molecule has 6 nitrogen and oxygen atoms in total. The van der Waals surface area contributed by atoms with Crippen LogP contribution in [0.1, 0.15) is 50.2 Å². The zero-order valence-corrected chi connectivity index (χ0v) is 20.6. The van der Waals surface area contributed by atoms with E-state index < -0.39 is 6.04 Å². The quantitative estimate of drug-likeness (QED) is 0.278. The van der Waals surface area contributed by atoms with E-state index in [0.717, 1.165) is 22.3 Å². The Hall–Kier alpha value is -4.58. The second kappa shape index (κ2) is 9.13. The highest BCUT2D eigenvalue weighted by molar-refractivity contribution is 5.99. The minimum atomic E-state index is -0.644. The number of amides is 1. The molecule has 3 heterocycles. The molecule has 5 aromatic rings. The van der Waals surface area contributed by atoms with Crippen LogP contribution in [0.3, 0.4) is 0 Å². The Balaban J connectivity index is 1.47. The first-order chi connectivity index (χ1) is 18.0. The average Bonchev–Trinajstić information content (AvgIpc) is 3.51. The van der Waals surface area contributed by atoms with Gasteiger partial charge in [-0.2, -0.15) is 0 Å². The lowest BCUT2D eigenvalue weighted by atomic mass is 9.97. The molecule has 0 spiro atoms. The van der Waals surface area contributed by atoms with Crippen LogP contribution in [-0.4, -0.2) is 10.8 Å². The molecular formula is C31H25NO5. The first kappa shape index (κ1) is 22.9. The summed E-state index contributed by atoms with van der Waals surface area (Å²) in [7, 11) is 0. The molecule has 0 N–H and O–H groups in total. The fourth-order valence-corrected chi connectivity index (χ4v) is 5.07. The largest absolute Gasteiger partial charge is 0.489 e. The highest BCUT2D eigenvalue weighted by Crippen LogP contribution is 2.40. The first-order valence-corrected chi connectivity index (χ1v) is 12.2. The number of hydrogen-bond donors (Lipinski definition) is 0. The molecule has 37 heavy (non-hydrogen) atoms. The van der Waals surface area contributed by atoms with Crippen LogP contribution in [0.4, 0.5) is 0 Å². The zero-order chi connectivity index (χ0) is 25.5. The van der Waals surface area contributed by atoms with E-state index in [4.69, 9.17) is 13.6 Å². The van der Waals surface area contributed by atoms with Crippen molar-refractivity contribution in [3.8, 4) is 5.75 Å². The summed E-state index contributed by atoms with van der Waals surface area (Å²) in [6, 6.07) is 24.2. The lowest BCUT2D eigenvalue weighted by Crippen LogP contribution is -2.29. The van der Waals surface area contributed by atoms with E-state index in [0.29, 0.717) is 34.6 Å². The zero-order valence-electron chi connectivity index (χ0n) is 20.6. The highest BCUT2D eigenvalue weighted by atomic mass is 16.5. The van der Waals surface area contributed by atoms with Gasteiger partial charge in [-0.1, -0.05) is 48.5 Å². The lowest BCUT2D eigenvalue weighted by Gasteiger charge is -2.24. The number of hydrogen-bond acceptors (Lipinski definition) is 5.